The van der Waals surface area contributed by atoms with E-state index < -0.39 is 9.84 Å². The molecule has 1 saturated carbocycles. The molecular formula is C12H23BrO2S. The third-order valence-electron chi connectivity index (χ3n) is 3.38. The van der Waals surface area contributed by atoms with Crippen LogP contribution in [0.4, 0.5) is 0 Å². The highest BCUT2D eigenvalue weighted by Crippen LogP contribution is 2.31. The summed E-state index contributed by atoms with van der Waals surface area (Å²) in [5, 5.41) is 0. The lowest BCUT2D eigenvalue weighted by molar-refractivity contribution is 0.461. The summed E-state index contributed by atoms with van der Waals surface area (Å²) in [6, 6.07) is 0. The van der Waals surface area contributed by atoms with E-state index >= 15 is 0 Å². The zero-order valence-electron chi connectivity index (χ0n) is 10.1. The molecule has 16 heavy (non-hydrogen) atoms. The van der Waals surface area contributed by atoms with Crippen LogP contribution in [-0.2, 0) is 9.84 Å². The van der Waals surface area contributed by atoms with E-state index in [-0.39, 0.29) is 0 Å². The van der Waals surface area contributed by atoms with Crippen molar-refractivity contribution in [3.8, 4) is 0 Å². The third-order valence-corrected chi connectivity index (χ3v) is 6.47. The fourth-order valence-electron chi connectivity index (χ4n) is 2.41. The Kier molecular flexibility index (Phi) is 6.34. The molecule has 0 aliphatic heterocycles. The van der Waals surface area contributed by atoms with Gasteiger partial charge in [-0.05, 0) is 31.6 Å². The Morgan fingerprint density at radius 2 is 1.81 bits per heavy atom. The number of hydrogen-bond donors (Lipinski definition) is 0. The molecule has 0 bridgehead atoms. The SMILES string of the molecule is CCCS(=O)(=O)CCC1CCCCCC1Br. The number of alkyl halides is 1. The van der Waals surface area contributed by atoms with Gasteiger partial charge in [0.25, 0.3) is 0 Å². The van der Waals surface area contributed by atoms with Gasteiger partial charge in [0.2, 0.25) is 0 Å². The van der Waals surface area contributed by atoms with Gasteiger partial charge in [0.15, 0.2) is 0 Å². The van der Waals surface area contributed by atoms with Crippen LogP contribution in [0.5, 0.6) is 0 Å². The first kappa shape index (κ1) is 14.5. The molecule has 1 fully saturated rings. The molecular weight excluding hydrogens is 288 g/mol. The number of sulfone groups is 1. The Balaban J connectivity index is 2.40. The summed E-state index contributed by atoms with van der Waals surface area (Å²) >= 11 is 3.72. The van der Waals surface area contributed by atoms with Crippen LogP contribution in [0.3, 0.4) is 0 Å². The van der Waals surface area contributed by atoms with Crippen molar-refractivity contribution in [3.05, 3.63) is 0 Å². The summed E-state index contributed by atoms with van der Waals surface area (Å²) in [5.74, 6) is 1.30. The first-order valence-electron chi connectivity index (χ1n) is 6.39. The van der Waals surface area contributed by atoms with Gasteiger partial charge in [-0.2, -0.15) is 0 Å². The highest BCUT2D eigenvalue weighted by atomic mass is 79.9. The highest BCUT2D eigenvalue weighted by Gasteiger charge is 2.23. The van der Waals surface area contributed by atoms with Gasteiger partial charge < -0.3 is 0 Å². The normalized spacial score (nSPS) is 27.6. The van der Waals surface area contributed by atoms with Crippen LogP contribution in [-0.4, -0.2) is 24.8 Å². The standard InChI is InChI=1S/C12H23BrO2S/c1-2-9-16(14,15)10-8-11-6-4-3-5-7-12(11)13/h11-12H,2-10H2,1H3. The van der Waals surface area contributed by atoms with Crippen LogP contribution in [0.1, 0.15) is 51.9 Å². The van der Waals surface area contributed by atoms with Crippen LogP contribution in [0, 0.1) is 5.92 Å². The smallest absolute Gasteiger partial charge is 0.150 e. The molecule has 0 aromatic carbocycles. The van der Waals surface area contributed by atoms with Crippen LogP contribution in [0.25, 0.3) is 0 Å². The van der Waals surface area contributed by atoms with Crippen LogP contribution in [0.2, 0.25) is 0 Å². The minimum absolute atomic E-state index is 0.354. The average Bonchev–Trinajstić information content (AvgIpc) is 2.40. The fraction of sp³-hybridized carbons (Fsp3) is 1.00. The second kappa shape index (κ2) is 7.00. The maximum atomic E-state index is 11.7. The van der Waals surface area contributed by atoms with E-state index in [1.807, 2.05) is 6.92 Å². The Bertz CT molecular complexity index is 287. The monoisotopic (exact) mass is 310 g/mol. The Morgan fingerprint density at radius 3 is 2.50 bits per heavy atom. The van der Waals surface area contributed by atoms with Crippen molar-refractivity contribution in [1.29, 1.82) is 0 Å². The Labute approximate surface area is 108 Å². The average molecular weight is 311 g/mol. The van der Waals surface area contributed by atoms with Gasteiger partial charge >= 0.3 is 0 Å². The number of halogens is 1. The predicted octanol–water partition coefficient (Wildman–Crippen LogP) is 3.55. The minimum Gasteiger partial charge on any atom is -0.229 e. The zero-order chi connectivity index (χ0) is 12.0. The van der Waals surface area contributed by atoms with E-state index in [2.05, 4.69) is 15.9 Å². The molecule has 4 heteroatoms. The Morgan fingerprint density at radius 1 is 1.12 bits per heavy atom. The van der Waals surface area contributed by atoms with Crippen molar-refractivity contribution in [2.75, 3.05) is 11.5 Å². The van der Waals surface area contributed by atoms with Crippen LogP contribution in [0.15, 0.2) is 0 Å². The van der Waals surface area contributed by atoms with Gasteiger partial charge in [-0.15, -0.1) is 0 Å². The molecule has 0 aromatic rings. The quantitative estimate of drug-likeness (QED) is 0.575. The summed E-state index contributed by atoms with van der Waals surface area (Å²) in [5.41, 5.74) is 0. The molecule has 2 nitrogen and oxygen atoms in total. The minimum atomic E-state index is -2.79. The van der Waals surface area contributed by atoms with Crippen molar-refractivity contribution < 1.29 is 8.42 Å². The number of rotatable bonds is 5. The van der Waals surface area contributed by atoms with Crippen molar-refractivity contribution in [2.24, 2.45) is 5.92 Å². The summed E-state index contributed by atoms with van der Waals surface area (Å²) in [4.78, 5) is 0.534. The second-order valence-corrected chi connectivity index (χ2v) is 8.33. The predicted molar refractivity (Wildman–Crippen MR) is 72.9 cm³/mol. The van der Waals surface area contributed by atoms with Crippen LogP contribution >= 0.6 is 15.9 Å². The maximum absolute atomic E-state index is 11.7. The van der Waals surface area contributed by atoms with E-state index in [9.17, 15) is 8.42 Å². The van der Waals surface area contributed by atoms with E-state index in [0.29, 0.717) is 22.3 Å². The van der Waals surface area contributed by atoms with Crippen molar-refractivity contribution in [2.45, 2.75) is 56.7 Å². The molecule has 1 aliphatic rings. The van der Waals surface area contributed by atoms with Crippen molar-refractivity contribution in [3.63, 3.8) is 0 Å². The zero-order valence-corrected chi connectivity index (χ0v) is 12.5. The van der Waals surface area contributed by atoms with E-state index in [1.165, 1.54) is 32.1 Å². The van der Waals surface area contributed by atoms with Gasteiger partial charge in [-0.25, -0.2) is 8.42 Å². The lowest BCUT2D eigenvalue weighted by Gasteiger charge is -2.19. The molecule has 1 rings (SSSR count). The second-order valence-electron chi connectivity index (χ2n) is 4.85. The molecule has 1 aliphatic carbocycles. The molecule has 0 radical (unpaired) electrons. The third kappa shape index (κ3) is 5.17. The van der Waals surface area contributed by atoms with E-state index in [0.717, 1.165) is 12.8 Å². The van der Waals surface area contributed by atoms with Crippen molar-refractivity contribution >= 4 is 25.8 Å². The maximum Gasteiger partial charge on any atom is 0.150 e. The first-order valence-corrected chi connectivity index (χ1v) is 9.13. The lowest BCUT2D eigenvalue weighted by atomic mass is 9.98. The molecule has 96 valence electrons. The lowest BCUT2D eigenvalue weighted by Crippen LogP contribution is -2.19. The summed E-state index contributed by atoms with van der Waals surface area (Å²) in [6.07, 6.45) is 7.84. The summed E-state index contributed by atoms with van der Waals surface area (Å²) in [6.45, 7) is 1.93. The largest absolute Gasteiger partial charge is 0.229 e. The molecule has 0 aromatic heterocycles. The number of hydrogen-bond acceptors (Lipinski definition) is 2. The van der Waals surface area contributed by atoms with E-state index in [1.54, 1.807) is 0 Å². The molecule has 0 saturated heterocycles. The highest BCUT2D eigenvalue weighted by molar-refractivity contribution is 9.09. The molecule has 2 atom stereocenters. The Hall–Kier alpha value is 0.430. The topological polar surface area (TPSA) is 34.1 Å². The summed E-state index contributed by atoms with van der Waals surface area (Å²) < 4.78 is 23.3. The molecule has 2 unspecified atom stereocenters. The molecule has 0 N–H and O–H groups in total. The fourth-order valence-corrected chi connectivity index (χ4v) is 4.75. The van der Waals surface area contributed by atoms with Crippen molar-refractivity contribution in [1.82, 2.24) is 0 Å². The van der Waals surface area contributed by atoms with Gasteiger partial charge in [0.1, 0.15) is 9.84 Å². The van der Waals surface area contributed by atoms with Gasteiger partial charge in [0, 0.05) is 10.6 Å². The van der Waals surface area contributed by atoms with Gasteiger partial charge in [0.05, 0.1) is 5.75 Å². The van der Waals surface area contributed by atoms with Crippen LogP contribution < -0.4 is 0 Å². The molecule has 0 amide bonds. The first-order chi connectivity index (χ1) is 7.55. The molecule has 0 spiro atoms. The van der Waals surface area contributed by atoms with Gasteiger partial charge in [-0.3, -0.25) is 0 Å². The van der Waals surface area contributed by atoms with E-state index in [4.69, 9.17) is 0 Å². The van der Waals surface area contributed by atoms with Gasteiger partial charge in [-0.1, -0.05) is 42.1 Å². The molecule has 0 heterocycles. The summed E-state index contributed by atoms with van der Waals surface area (Å²) in [7, 11) is -2.79.